The molecule has 0 amide bonds. The quantitative estimate of drug-likeness (QED) is 0.695. The van der Waals surface area contributed by atoms with Crippen LogP contribution in [0.25, 0.3) is 0 Å². The van der Waals surface area contributed by atoms with Crippen molar-refractivity contribution in [2.75, 3.05) is 0 Å². The summed E-state index contributed by atoms with van der Waals surface area (Å²) < 4.78 is 0. The number of alkyl halides is 1. The van der Waals surface area contributed by atoms with Gasteiger partial charge in [-0.25, -0.2) is 0 Å². The Balaban J connectivity index is 2.66. The Morgan fingerprint density at radius 3 is 2.69 bits per heavy atom. The minimum atomic E-state index is -0.0229. The predicted molar refractivity (Wildman–Crippen MR) is 59.0 cm³/mol. The van der Waals surface area contributed by atoms with Crippen LogP contribution in [-0.2, 0) is 4.79 Å². The molecule has 1 unspecified atom stereocenters. The third-order valence-electron chi connectivity index (χ3n) is 2.17. The number of rotatable bonds is 3. The molecule has 13 heavy (non-hydrogen) atoms. The fourth-order valence-electron chi connectivity index (χ4n) is 1.29. The summed E-state index contributed by atoms with van der Waals surface area (Å²) in [6, 6.07) is 0. The first-order valence-corrected chi connectivity index (χ1v) is 5.58. The molecule has 0 saturated heterocycles. The van der Waals surface area contributed by atoms with Crippen molar-refractivity contribution in [1.82, 2.24) is 0 Å². The van der Waals surface area contributed by atoms with Crippen molar-refractivity contribution in [1.29, 1.82) is 0 Å². The average Bonchev–Trinajstić information content (AvgIpc) is 2.17. The highest BCUT2D eigenvalue weighted by molar-refractivity contribution is 9.10. The van der Waals surface area contributed by atoms with E-state index in [2.05, 4.69) is 35.9 Å². The number of Topliss-reactive ketones (excluding diaryl/α,β-unsaturated/α-hetero) is 1. The molecule has 0 aromatic rings. The summed E-state index contributed by atoms with van der Waals surface area (Å²) in [5, 5.41) is 0. The molecule has 0 saturated carbocycles. The summed E-state index contributed by atoms with van der Waals surface area (Å²) in [6.45, 7) is 4.10. The number of allylic oxidation sites excluding steroid dienone is 4. The van der Waals surface area contributed by atoms with Crippen LogP contribution in [-0.4, -0.2) is 10.6 Å². The highest BCUT2D eigenvalue weighted by Gasteiger charge is 2.21. The maximum absolute atomic E-state index is 11.8. The van der Waals surface area contributed by atoms with Gasteiger partial charge in [0.05, 0.1) is 4.83 Å². The number of hydrogen-bond acceptors (Lipinski definition) is 1. The largest absolute Gasteiger partial charge is 0.293 e. The Morgan fingerprint density at radius 1 is 1.54 bits per heavy atom. The lowest BCUT2D eigenvalue weighted by Crippen LogP contribution is -2.22. The summed E-state index contributed by atoms with van der Waals surface area (Å²) >= 11 is 3.43. The Bertz CT molecular complexity index is 251. The molecule has 0 bridgehead atoms. The van der Waals surface area contributed by atoms with Gasteiger partial charge in [-0.05, 0) is 24.3 Å². The summed E-state index contributed by atoms with van der Waals surface area (Å²) in [4.78, 5) is 11.8. The van der Waals surface area contributed by atoms with Crippen molar-refractivity contribution in [2.45, 2.75) is 31.5 Å². The minimum Gasteiger partial charge on any atom is -0.293 e. The van der Waals surface area contributed by atoms with Gasteiger partial charge in [-0.2, -0.15) is 0 Å². The Labute approximate surface area is 88.0 Å². The topological polar surface area (TPSA) is 17.1 Å². The van der Waals surface area contributed by atoms with E-state index in [1.165, 1.54) is 0 Å². The highest BCUT2D eigenvalue weighted by atomic mass is 79.9. The van der Waals surface area contributed by atoms with E-state index < -0.39 is 0 Å². The van der Waals surface area contributed by atoms with Crippen LogP contribution in [0, 0.1) is 5.92 Å². The monoisotopic (exact) mass is 242 g/mol. The molecular weight excluding hydrogens is 228 g/mol. The molecule has 72 valence electrons. The van der Waals surface area contributed by atoms with Crippen LogP contribution in [0.4, 0.5) is 0 Å². The normalized spacial score (nSPS) is 18.6. The molecular formula is C11H15BrO. The second-order valence-corrected chi connectivity index (χ2v) is 4.66. The van der Waals surface area contributed by atoms with Gasteiger partial charge < -0.3 is 0 Å². The van der Waals surface area contributed by atoms with Gasteiger partial charge in [-0.1, -0.05) is 48.0 Å². The molecule has 0 aromatic carbocycles. The van der Waals surface area contributed by atoms with Crippen molar-refractivity contribution < 1.29 is 4.79 Å². The fourth-order valence-corrected chi connectivity index (χ4v) is 1.58. The van der Waals surface area contributed by atoms with Gasteiger partial charge >= 0.3 is 0 Å². The van der Waals surface area contributed by atoms with E-state index in [1.54, 1.807) is 0 Å². The van der Waals surface area contributed by atoms with Crippen molar-refractivity contribution in [2.24, 2.45) is 5.92 Å². The van der Waals surface area contributed by atoms with Gasteiger partial charge in [0.2, 0.25) is 0 Å². The van der Waals surface area contributed by atoms with Crippen LogP contribution in [0.15, 0.2) is 23.8 Å². The van der Waals surface area contributed by atoms with E-state index in [4.69, 9.17) is 0 Å². The van der Waals surface area contributed by atoms with Crippen LogP contribution in [0.1, 0.15) is 26.7 Å². The fraction of sp³-hybridized carbons (Fsp3) is 0.545. The number of carbonyl (C=O) groups excluding carboxylic acids is 1. The molecule has 2 heteroatoms. The molecule has 0 heterocycles. The van der Waals surface area contributed by atoms with Crippen molar-refractivity contribution >= 4 is 21.7 Å². The van der Waals surface area contributed by atoms with Gasteiger partial charge in [0.1, 0.15) is 0 Å². The maximum Gasteiger partial charge on any atom is 0.172 e. The third kappa shape index (κ3) is 2.80. The van der Waals surface area contributed by atoms with Crippen molar-refractivity contribution in [3.8, 4) is 0 Å². The van der Waals surface area contributed by atoms with E-state index >= 15 is 0 Å². The first-order chi connectivity index (χ1) is 6.13. The second kappa shape index (κ2) is 4.75. The molecule has 1 aliphatic carbocycles. The zero-order valence-corrected chi connectivity index (χ0v) is 9.67. The van der Waals surface area contributed by atoms with Crippen LogP contribution < -0.4 is 0 Å². The molecule has 1 aliphatic rings. The molecule has 0 fully saturated rings. The summed E-state index contributed by atoms with van der Waals surface area (Å²) in [6.07, 6.45) is 7.88. The SMILES string of the molecule is CC(C)C(Br)C(=O)C1=CC=CCC1. The smallest absolute Gasteiger partial charge is 0.172 e. The van der Waals surface area contributed by atoms with Crippen molar-refractivity contribution in [3.05, 3.63) is 23.8 Å². The number of hydrogen-bond donors (Lipinski definition) is 0. The Kier molecular flexibility index (Phi) is 3.91. The zero-order valence-electron chi connectivity index (χ0n) is 8.09. The summed E-state index contributed by atoms with van der Waals surface area (Å²) in [7, 11) is 0. The Morgan fingerprint density at radius 2 is 2.23 bits per heavy atom. The van der Waals surface area contributed by atoms with E-state index in [0.717, 1.165) is 18.4 Å². The van der Waals surface area contributed by atoms with Crippen LogP contribution in [0.2, 0.25) is 0 Å². The van der Waals surface area contributed by atoms with Crippen LogP contribution in [0.3, 0.4) is 0 Å². The van der Waals surface area contributed by atoms with E-state index in [-0.39, 0.29) is 10.6 Å². The molecule has 0 aromatic heterocycles. The molecule has 1 nitrogen and oxygen atoms in total. The predicted octanol–water partition coefficient (Wildman–Crippen LogP) is 3.25. The lowest BCUT2D eigenvalue weighted by Gasteiger charge is -2.15. The van der Waals surface area contributed by atoms with E-state index in [9.17, 15) is 4.79 Å². The van der Waals surface area contributed by atoms with Gasteiger partial charge in [-0.15, -0.1) is 0 Å². The maximum atomic E-state index is 11.8. The summed E-state index contributed by atoms with van der Waals surface area (Å²) in [5.41, 5.74) is 0.957. The number of carbonyl (C=O) groups is 1. The van der Waals surface area contributed by atoms with Gasteiger partial charge in [0.25, 0.3) is 0 Å². The lowest BCUT2D eigenvalue weighted by molar-refractivity contribution is -0.115. The lowest BCUT2D eigenvalue weighted by atomic mass is 9.95. The van der Waals surface area contributed by atoms with Crippen LogP contribution in [0.5, 0.6) is 0 Å². The molecule has 0 spiro atoms. The average molecular weight is 243 g/mol. The molecule has 0 aliphatic heterocycles. The van der Waals surface area contributed by atoms with Gasteiger partial charge in [0, 0.05) is 0 Å². The third-order valence-corrected chi connectivity index (χ3v) is 3.64. The standard InChI is InChI=1S/C11H15BrO/c1-8(2)10(12)11(13)9-6-4-3-5-7-9/h3-4,6,8,10H,5,7H2,1-2H3. The number of halogens is 1. The molecule has 1 atom stereocenters. The van der Waals surface area contributed by atoms with E-state index in [0.29, 0.717) is 5.92 Å². The first kappa shape index (κ1) is 10.7. The summed E-state index contributed by atoms with van der Waals surface area (Å²) in [5.74, 6) is 0.610. The van der Waals surface area contributed by atoms with Crippen LogP contribution >= 0.6 is 15.9 Å². The molecule has 0 N–H and O–H groups in total. The Hall–Kier alpha value is -0.370. The molecule has 1 rings (SSSR count). The highest BCUT2D eigenvalue weighted by Crippen LogP contribution is 2.21. The number of ketones is 1. The zero-order chi connectivity index (χ0) is 9.84. The molecule has 0 radical (unpaired) electrons. The minimum absolute atomic E-state index is 0.0229. The first-order valence-electron chi connectivity index (χ1n) is 4.67. The van der Waals surface area contributed by atoms with Gasteiger partial charge in [-0.3, -0.25) is 4.79 Å². The second-order valence-electron chi connectivity index (χ2n) is 3.67. The van der Waals surface area contributed by atoms with Crippen molar-refractivity contribution in [3.63, 3.8) is 0 Å². The van der Waals surface area contributed by atoms with Gasteiger partial charge in [0.15, 0.2) is 5.78 Å². The van der Waals surface area contributed by atoms with E-state index in [1.807, 2.05) is 12.2 Å².